The Morgan fingerprint density at radius 3 is 2.88 bits per heavy atom. The van der Waals surface area contributed by atoms with Crippen molar-refractivity contribution in [1.82, 2.24) is 9.97 Å². The lowest BCUT2D eigenvalue weighted by atomic mass is 10.2. The van der Waals surface area contributed by atoms with Gasteiger partial charge in [-0.15, -0.1) is 11.3 Å². The Bertz CT molecular complexity index is 452. The summed E-state index contributed by atoms with van der Waals surface area (Å²) in [6, 6.07) is 0.685. The summed E-state index contributed by atoms with van der Waals surface area (Å²) in [5.41, 5.74) is 0. The highest BCUT2D eigenvalue weighted by Gasteiger charge is 2.14. The molecule has 0 bridgehead atoms. The van der Waals surface area contributed by atoms with Gasteiger partial charge in [-0.05, 0) is 0 Å². The lowest BCUT2D eigenvalue weighted by molar-refractivity contribution is 0.498. The first kappa shape index (κ1) is 12.1. The number of aromatic nitrogens is 2. The Kier molecular flexibility index (Phi) is 3.78. The summed E-state index contributed by atoms with van der Waals surface area (Å²) >= 11 is 1.69. The van der Waals surface area contributed by atoms with E-state index in [4.69, 9.17) is 4.42 Å². The molecule has 5 heteroatoms. The Balaban J connectivity index is 1.99. The van der Waals surface area contributed by atoms with E-state index in [1.807, 2.05) is 23.5 Å². The van der Waals surface area contributed by atoms with Crippen LogP contribution in [0.2, 0.25) is 0 Å². The Morgan fingerprint density at radius 1 is 1.47 bits per heavy atom. The van der Waals surface area contributed by atoms with Crippen LogP contribution in [0.5, 0.6) is 0 Å². The summed E-state index contributed by atoms with van der Waals surface area (Å²) in [5.74, 6) is 1.31. The highest BCUT2D eigenvalue weighted by Crippen LogP contribution is 2.21. The van der Waals surface area contributed by atoms with Crippen LogP contribution in [-0.4, -0.2) is 23.6 Å². The molecule has 92 valence electrons. The molecule has 2 aromatic rings. The van der Waals surface area contributed by atoms with Gasteiger partial charge in [0.15, 0.2) is 0 Å². The largest absolute Gasteiger partial charge is 0.429 e. The standard InChI is InChI=1S/C12H17N3OS/c1-4-10-7-14-12(16-10)15(3)8-9(2)11-13-5-6-17-11/h5-7,9H,4,8H2,1-3H3. The van der Waals surface area contributed by atoms with Gasteiger partial charge in [0.1, 0.15) is 5.76 Å². The van der Waals surface area contributed by atoms with Crippen molar-refractivity contribution in [2.75, 3.05) is 18.5 Å². The van der Waals surface area contributed by atoms with Crippen molar-refractivity contribution >= 4 is 17.4 Å². The van der Waals surface area contributed by atoms with Gasteiger partial charge in [-0.2, -0.15) is 0 Å². The molecule has 0 N–H and O–H groups in total. The first-order valence-corrected chi connectivity index (χ1v) is 6.64. The molecule has 1 atom stereocenters. The third kappa shape index (κ3) is 2.85. The fourth-order valence-electron chi connectivity index (χ4n) is 1.68. The van der Waals surface area contributed by atoms with E-state index in [-0.39, 0.29) is 0 Å². The van der Waals surface area contributed by atoms with Crippen LogP contribution in [0.3, 0.4) is 0 Å². The third-order valence-electron chi connectivity index (χ3n) is 2.64. The second-order valence-electron chi connectivity index (χ2n) is 4.11. The molecular formula is C12H17N3OS. The van der Waals surface area contributed by atoms with Crippen molar-refractivity contribution in [2.24, 2.45) is 0 Å². The third-order valence-corrected chi connectivity index (χ3v) is 3.64. The smallest absolute Gasteiger partial charge is 0.297 e. The normalized spacial score (nSPS) is 12.6. The molecular weight excluding hydrogens is 234 g/mol. The first-order chi connectivity index (χ1) is 8.20. The van der Waals surface area contributed by atoms with Crippen molar-refractivity contribution in [3.05, 3.63) is 28.5 Å². The van der Waals surface area contributed by atoms with E-state index in [0.29, 0.717) is 11.9 Å². The van der Waals surface area contributed by atoms with E-state index < -0.39 is 0 Å². The number of likely N-dealkylation sites (N-methyl/N-ethyl adjacent to an activating group) is 1. The van der Waals surface area contributed by atoms with E-state index >= 15 is 0 Å². The minimum absolute atomic E-state index is 0.386. The van der Waals surface area contributed by atoms with Crippen LogP contribution in [-0.2, 0) is 6.42 Å². The molecule has 0 saturated carbocycles. The molecule has 0 radical (unpaired) electrons. The summed E-state index contributed by atoms with van der Waals surface area (Å²) in [7, 11) is 2.00. The summed E-state index contributed by atoms with van der Waals surface area (Å²) < 4.78 is 5.61. The second-order valence-corrected chi connectivity index (χ2v) is 5.04. The molecule has 2 aromatic heterocycles. The van der Waals surface area contributed by atoms with Crippen LogP contribution < -0.4 is 4.90 Å². The number of rotatable bonds is 5. The van der Waals surface area contributed by atoms with E-state index in [1.54, 1.807) is 17.5 Å². The van der Waals surface area contributed by atoms with Gasteiger partial charge in [0, 0.05) is 37.5 Å². The molecule has 0 amide bonds. The quantitative estimate of drug-likeness (QED) is 0.819. The highest BCUT2D eigenvalue weighted by molar-refractivity contribution is 7.09. The minimum atomic E-state index is 0.386. The van der Waals surface area contributed by atoms with Crippen LogP contribution in [0.15, 0.2) is 22.2 Å². The lowest BCUT2D eigenvalue weighted by Gasteiger charge is -2.18. The van der Waals surface area contributed by atoms with Crippen LogP contribution in [0.1, 0.15) is 30.5 Å². The molecule has 0 aliphatic heterocycles. The van der Waals surface area contributed by atoms with Gasteiger partial charge in [-0.3, -0.25) is 0 Å². The molecule has 0 saturated heterocycles. The molecule has 4 nitrogen and oxygen atoms in total. The van der Waals surface area contributed by atoms with Crippen molar-refractivity contribution in [3.63, 3.8) is 0 Å². The Morgan fingerprint density at radius 2 is 2.29 bits per heavy atom. The average molecular weight is 251 g/mol. The van der Waals surface area contributed by atoms with Crippen LogP contribution in [0.25, 0.3) is 0 Å². The predicted octanol–water partition coefficient (Wildman–Crippen LogP) is 2.93. The molecule has 0 fully saturated rings. The van der Waals surface area contributed by atoms with Crippen LogP contribution in [0.4, 0.5) is 6.01 Å². The van der Waals surface area contributed by atoms with Crippen molar-refractivity contribution in [1.29, 1.82) is 0 Å². The maximum atomic E-state index is 5.61. The summed E-state index contributed by atoms with van der Waals surface area (Å²) in [5, 5.41) is 3.16. The van der Waals surface area contributed by atoms with E-state index in [1.165, 1.54) is 0 Å². The molecule has 0 aliphatic carbocycles. The Hall–Kier alpha value is -1.36. The van der Waals surface area contributed by atoms with E-state index in [2.05, 4.69) is 23.8 Å². The van der Waals surface area contributed by atoms with Crippen molar-refractivity contribution in [3.8, 4) is 0 Å². The number of hydrogen-bond acceptors (Lipinski definition) is 5. The van der Waals surface area contributed by atoms with Gasteiger partial charge in [-0.1, -0.05) is 13.8 Å². The number of oxazole rings is 1. The average Bonchev–Trinajstić information content (AvgIpc) is 3.00. The SMILES string of the molecule is CCc1cnc(N(C)CC(C)c2nccs2)o1. The van der Waals surface area contributed by atoms with Crippen LogP contribution in [0, 0.1) is 0 Å². The fraction of sp³-hybridized carbons (Fsp3) is 0.500. The monoisotopic (exact) mass is 251 g/mol. The van der Waals surface area contributed by atoms with E-state index in [9.17, 15) is 0 Å². The molecule has 17 heavy (non-hydrogen) atoms. The molecule has 1 unspecified atom stereocenters. The zero-order valence-electron chi connectivity index (χ0n) is 10.4. The minimum Gasteiger partial charge on any atom is -0.429 e. The number of nitrogens with zero attached hydrogens (tertiary/aromatic N) is 3. The number of thiazole rings is 1. The van der Waals surface area contributed by atoms with Gasteiger partial charge in [0.25, 0.3) is 6.01 Å². The molecule has 0 aromatic carbocycles. The van der Waals surface area contributed by atoms with Crippen molar-refractivity contribution < 1.29 is 4.42 Å². The zero-order valence-corrected chi connectivity index (χ0v) is 11.2. The van der Waals surface area contributed by atoms with Gasteiger partial charge in [0.05, 0.1) is 11.2 Å². The summed E-state index contributed by atoms with van der Waals surface area (Å²) in [6.07, 6.45) is 4.51. The second kappa shape index (κ2) is 5.31. The maximum Gasteiger partial charge on any atom is 0.297 e. The number of aryl methyl sites for hydroxylation is 1. The lowest BCUT2D eigenvalue weighted by Crippen LogP contribution is -2.23. The summed E-state index contributed by atoms with van der Waals surface area (Å²) in [4.78, 5) is 10.6. The first-order valence-electron chi connectivity index (χ1n) is 5.76. The topological polar surface area (TPSA) is 42.2 Å². The number of anilines is 1. The van der Waals surface area contributed by atoms with Crippen LogP contribution >= 0.6 is 11.3 Å². The highest BCUT2D eigenvalue weighted by atomic mass is 32.1. The molecule has 2 heterocycles. The molecule has 0 spiro atoms. The van der Waals surface area contributed by atoms with Gasteiger partial charge < -0.3 is 9.32 Å². The van der Waals surface area contributed by atoms with Gasteiger partial charge in [0.2, 0.25) is 0 Å². The Labute approximate surface area is 105 Å². The summed E-state index contributed by atoms with van der Waals surface area (Å²) in [6.45, 7) is 5.08. The van der Waals surface area contributed by atoms with E-state index in [0.717, 1.165) is 23.7 Å². The zero-order chi connectivity index (χ0) is 12.3. The van der Waals surface area contributed by atoms with Crippen molar-refractivity contribution in [2.45, 2.75) is 26.2 Å². The molecule has 2 rings (SSSR count). The fourth-order valence-corrected chi connectivity index (χ4v) is 2.37. The maximum absolute atomic E-state index is 5.61. The van der Waals surface area contributed by atoms with Gasteiger partial charge >= 0.3 is 0 Å². The number of hydrogen-bond donors (Lipinski definition) is 0. The van der Waals surface area contributed by atoms with Gasteiger partial charge in [-0.25, -0.2) is 9.97 Å². The molecule has 0 aliphatic rings. The predicted molar refractivity (Wildman–Crippen MR) is 69.7 cm³/mol.